The molecular formula is C22H22FN3. The first-order chi connectivity index (χ1) is 12.8. The molecule has 0 bridgehead atoms. The Morgan fingerprint density at radius 3 is 2.73 bits per heavy atom. The van der Waals surface area contributed by atoms with Crippen molar-refractivity contribution in [3.05, 3.63) is 95.3 Å². The highest BCUT2D eigenvalue weighted by atomic mass is 19.1. The predicted octanol–water partition coefficient (Wildman–Crippen LogP) is 4.54. The van der Waals surface area contributed by atoms with Gasteiger partial charge in [0.15, 0.2) is 0 Å². The van der Waals surface area contributed by atoms with Crippen LogP contribution in [0.15, 0.2) is 66.9 Å². The minimum Gasteiger partial charge on any atom is -0.289 e. The maximum absolute atomic E-state index is 13.4. The lowest BCUT2D eigenvalue weighted by Gasteiger charge is -2.24. The van der Waals surface area contributed by atoms with Gasteiger partial charge in [0.05, 0.1) is 17.4 Å². The van der Waals surface area contributed by atoms with Crippen molar-refractivity contribution in [2.45, 2.75) is 31.8 Å². The lowest BCUT2D eigenvalue weighted by Crippen LogP contribution is -2.24. The average Bonchev–Trinajstić information content (AvgIpc) is 3.11. The van der Waals surface area contributed by atoms with Gasteiger partial charge in [-0.15, -0.1) is 0 Å². The molecule has 1 aromatic carbocycles. The number of likely N-dealkylation sites (tertiary alicyclic amines) is 1. The van der Waals surface area contributed by atoms with Gasteiger partial charge < -0.3 is 0 Å². The summed E-state index contributed by atoms with van der Waals surface area (Å²) < 4.78 is 13.4. The third-order valence-corrected chi connectivity index (χ3v) is 4.90. The minimum atomic E-state index is -0.198. The first-order valence-electron chi connectivity index (χ1n) is 9.12. The largest absolute Gasteiger partial charge is 0.289 e. The quantitative estimate of drug-likeness (QED) is 0.678. The van der Waals surface area contributed by atoms with E-state index in [-0.39, 0.29) is 5.82 Å². The third kappa shape index (κ3) is 3.97. The summed E-state index contributed by atoms with van der Waals surface area (Å²) in [5, 5.41) is 0. The molecule has 0 saturated carbocycles. The first kappa shape index (κ1) is 16.9. The molecule has 0 aliphatic carbocycles. The summed E-state index contributed by atoms with van der Waals surface area (Å²) in [6.45, 7) is 1.92. The summed E-state index contributed by atoms with van der Waals surface area (Å²) in [7, 11) is 0. The summed E-state index contributed by atoms with van der Waals surface area (Å²) in [6.07, 6.45) is 4.79. The highest BCUT2D eigenvalue weighted by Gasteiger charge is 2.27. The second-order valence-electron chi connectivity index (χ2n) is 6.81. The van der Waals surface area contributed by atoms with E-state index in [0.29, 0.717) is 12.5 Å². The Morgan fingerprint density at radius 2 is 1.88 bits per heavy atom. The molecule has 4 rings (SSSR count). The Kier molecular flexibility index (Phi) is 5.02. The molecule has 3 aromatic rings. The van der Waals surface area contributed by atoms with Crippen LogP contribution in [0.4, 0.5) is 4.39 Å². The van der Waals surface area contributed by atoms with Gasteiger partial charge in [-0.05, 0) is 61.3 Å². The minimum absolute atomic E-state index is 0.198. The highest BCUT2D eigenvalue weighted by molar-refractivity contribution is 5.24. The molecule has 4 heteroatoms. The van der Waals surface area contributed by atoms with E-state index < -0.39 is 0 Å². The van der Waals surface area contributed by atoms with Gasteiger partial charge >= 0.3 is 0 Å². The van der Waals surface area contributed by atoms with Crippen molar-refractivity contribution in [1.29, 1.82) is 0 Å². The molecule has 1 saturated heterocycles. The van der Waals surface area contributed by atoms with Crippen molar-refractivity contribution in [2.24, 2.45) is 0 Å². The molecule has 26 heavy (non-hydrogen) atoms. The fraction of sp³-hybridized carbons (Fsp3) is 0.273. The van der Waals surface area contributed by atoms with Crippen LogP contribution in [0.25, 0.3) is 0 Å². The molecule has 3 heterocycles. The fourth-order valence-corrected chi connectivity index (χ4v) is 3.69. The van der Waals surface area contributed by atoms with Crippen molar-refractivity contribution >= 4 is 0 Å². The monoisotopic (exact) mass is 347 g/mol. The van der Waals surface area contributed by atoms with E-state index in [1.165, 1.54) is 12.5 Å². The smallest absolute Gasteiger partial charge is 0.123 e. The normalized spacial score (nSPS) is 17.5. The van der Waals surface area contributed by atoms with Crippen molar-refractivity contribution in [1.82, 2.24) is 14.9 Å². The number of nitrogens with zero attached hydrogens (tertiary/aromatic N) is 3. The molecule has 2 aromatic heterocycles. The topological polar surface area (TPSA) is 29.0 Å². The Balaban J connectivity index is 1.51. The molecule has 0 amide bonds. The number of pyridine rings is 2. The number of hydrogen-bond donors (Lipinski definition) is 0. The van der Waals surface area contributed by atoms with Gasteiger partial charge in [0.25, 0.3) is 0 Å². The van der Waals surface area contributed by atoms with Crippen molar-refractivity contribution in [3.8, 4) is 0 Å². The number of hydrogen-bond acceptors (Lipinski definition) is 3. The SMILES string of the molecule is Fc1cccc(Cc2cccc(C3CCCN3Cc3ccccn3)n2)c1. The number of aromatic nitrogens is 2. The summed E-state index contributed by atoms with van der Waals surface area (Å²) in [5.74, 6) is -0.198. The van der Waals surface area contributed by atoms with Gasteiger partial charge in [0.2, 0.25) is 0 Å². The number of rotatable bonds is 5. The van der Waals surface area contributed by atoms with Gasteiger partial charge in [0, 0.05) is 24.9 Å². The summed E-state index contributed by atoms with van der Waals surface area (Å²) in [5.41, 5.74) is 4.13. The molecule has 132 valence electrons. The zero-order valence-corrected chi connectivity index (χ0v) is 14.7. The Labute approximate surface area is 153 Å². The third-order valence-electron chi connectivity index (χ3n) is 4.90. The van der Waals surface area contributed by atoms with Crippen LogP contribution in [-0.2, 0) is 13.0 Å². The summed E-state index contributed by atoms with van der Waals surface area (Å²) in [4.78, 5) is 11.8. The van der Waals surface area contributed by atoms with Crippen LogP contribution >= 0.6 is 0 Å². The van der Waals surface area contributed by atoms with Crippen molar-refractivity contribution < 1.29 is 4.39 Å². The van der Waals surface area contributed by atoms with E-state index in [1.54, 1.807) is 12.1 Å². The zero-order valence-electron chi connectivity index (χ0n) is 14.7. The molecule has 1 fully saturated rings. The maximum Gasteiger partial charge on any atom is 0.123 e. The summed E-state index contributed by atoms with van der Waals surface area (Å²) >= 11 is 0. The molecule has 1 atom stereocenters. The number of halogens is 1. The van der Waals surface area contributed by atoms with Crippen molar-refractivity contribution in [3.63, 3.8) is 0 Å². The van der Waals surface area contributed by atoms with Gasteiger partial charge in [-0.2, -0.15) is 0 Å². The van der Waals surface area contributed by atoms with E-state index in [1.807, 2.05) is 30.5 Å². The molecule has 0 spiro atoms. The van der Waals surface area contributed by atoms with E-state index in [0.717, 1.165) is 42.2 Å². The van der Waals surface area contributed by atoms with Crippen LogP contribution in [-0.4, -0.2) is 21.4 Å². The van der Waals surface area contributed by atoms with Crippen LogP contribution in [0.2, 0.25) is 0 Å². The van der Waals surface area contributed by atoms with E-state index in [2.05, 4.69) is 28.1 Å². The van der Waals surface area contributed by atoms with Crippen LogP contribution in [0.5, 0.6) is 0 Å². The van der Waals surface area contributed by atoms with Gasteiger partial charge in [-0.25, -0.2) is 4.39 Å². The standard InChI is InChI=1S/C22H22FN3/c23-18-7-3-6-17(14-18)15-19-9-4-10-21(25-19)22-11-5-13-26(22)16-20-8-1-2-12-24-20/h1-4,6-10,12,14,22H,5,11,13,15-16H2. The van der Waals surface area contributed by atoms with Crippen LogP contribution in [0.1, 0.15) is 41.5 Å². The molecule has 1 unspecified atom stereocenters. The van der Waals surface area contributed by atoms with E-state index in [4.69, 9.17) is 4.98 Å². The van der Waals surface area contributed by atoms with Gasteiger partial charge in [-0.3, -0.25) is 14.9 Å². The van der Waals surface area contributed by atoms with Crippen LogP contribution in [0.3, 0.4) is 0 Å². The van der Waals surface area contributed by atoms with Crippen LogP contribution in [0, 0.1) is 5.82 Å². The predicted molar refractivity (Wildman–Crippen MR) is 100 cm³/mol. The molecule has 1 aliphatic heterocycles. The Bertz CT molecular complexity index is 866. The average molecular weight is 347 g/mol. The first-order valence-corrected chi connectivity index (χ1v) is 9.12. The van der Waals surface area contributed by atoms with E-state index >= 15 is 0 Å². The highest BCUT2D eigenvalue weighted by Crippen LogP contribution is 2.32. The Hall–Kier alpha value is -2.59. The molecule has 1 aliphatic rings. The molecule has 0 N–H and O–H groups in total. The lowest BCUT2D eigenvalue weighted by molar-refractivity contribution is 0.241. The second-order valence-corrected chi connectivity index (χ2v) is 6.81. The summed E-state index contributed by atoms with van der Waals surface area (Å²) in [6, 6.07) is 19.3. The van der Waals surface area contributed by atoms with Crippen LogP contribution < -0.4 is 0 Å². The molecule has 3 nitrogen and oxygen atoms in total. The Morgan fingerprint density at radius 1 is 1.00 bits per heavy atom. The van der Waals surface area contributed by atoms with E-state index in [9.17, 15) is 4.39 Å². The fourth-order valence-electron chi connectivity index (χ4n) is 3.69. The zero-order chi connectivity index (χ0) is 17.8. The van der Waals surface area contributed by atoms with Crippen molar-refractivity contribution in [2.75, 3.05) is 6.54 Å². The maximum atomic E-state index is 13.4. The molecular weight excluding hydrogens is 325 g/mol. The number of benzene rings is 1. The molecule has 0 radical (unpaired) electrons. The van der Waals surface area contributed by atoms with Gasteiger partial charge in [-0.1, -0.05) is 24.3 Å². The lowest BCUT2D eigenvalue weighted by atomic mass is 10.1. The second kappa shape index (κ2) is 7.75. The van der Waals surface area contributed by atoms with Gasteiger partial charge in [0.1, 0.15) is 5.82 Å².